The Bertz CT molecular complexity index is 789. The molecule has 0 aliphatic rings. The van der Waals surface area contributed by atoms with E-state index in [1.807, 2.05) is 13.8 Å². The fourth-order valence-electron chi connectivity index (χ4n) is 2.15. The van der Waals surface area contributed by atoms with Crippen molar-refractivity contribution in [2.75, 3.05) is 17.9 Å². The zero-order valence-corrected chi connectivity index (χ0v) is 14.5. The van der Waals surface area contributed by atoms with Crippen molar-refractivity contribution in [3.63, 3.8) is 0 Å². The van der Waals surface area contributed by atoms with Gasteiger partial charge in [0.05, 0.1) is 24.7 Å². The van der Waals surface area contributed by atoms with E-state index in [1.165, 1.54) is 12.1 Å². The van der Waals surface area contributed by atoms with E-state index in [-0.39, 0.29) is 11.5 Å². The highest BCUT2D eigenvalue weighted by Crippen LogP contribution is 2.31. The van der Waals surface area contributed by atoms with Gasteiger partial charge in [-0.25, -0.2) is 8.42 Å². The van der Waals surface area contributed by atoms with Crippen molar-refractivity contribution in [1.29, 1.82) is 0 Å². The summed E-state index contributed by atoms with van der Waals surface area (Å²) >= 11 is 0. The van der Waals surface area contributed by atoms with Gasteiger partial charge in [0.2, 0.25) is 0 Å². The number of nitrogens with one attached hydrogen (secondary N) is 1. The molecule has 24 heavy (non-hydrogen) atoms. The molecule has 0 radical (unpaired) electrons. The van der Waals surface area contributed by atoms with Gasteiger partial charge in [-0.3, -0.25) is 4.72 Å². The molecule has 2 aromatic rings. The predicted molar refractivity (Wildman–Crippen MR) is 92.0 cm³/mol. The lowest BCUT2D eigenvalue weighted by Gasteiger charge is -2.13. The Morgan fingerprint density at radius 3 is 2.38 bits per heavy atom. The van der Waals surface area contributed by atoms with Gasteiger partial charge in [0.15, 0.2) is 11.5 Å². The van der Waals surface area contributed by atoms with Crippen LogP contribution in [0.1, 0.15) is 19.4 Å². The molecule has 0 aromatic heterocycles. The molecule has 2 aromatic carbocycles. The van der Waals surface area contributed by atoms with Crippen LogP contribution in [0, 0.1) is 0 Å². The molecule has 7 heteroatoms. The third-order valence-electron chi connectivity index (χ3n) is 3.19. The lowest BCUT2D eigenvalue weighted by atomic mass is 10.2. The van der Waals surface area contributed by atoms with E-state index >= 15 is 0 Å². The molecule has 130 valence electrons. The SMILES string of the molecule is CCOc1ccc(S(=O)(=O)Nc2cccc(CO)c2)cc1OCC. The van der Waals surface area contributed by atoms with Crippen molar-refractivity contribution in [1.82, 2.24) is 0 Å². The molecule has 6 nitrogen and oxygen atoms in total. The van der Waals surface area contributed by atoms with Crippen molar-refractivity contribution in [2.24, 2.45) is 0 Å². The molecule has 2 N–H and O–H groups in total. The van der Waals surface area contributed by atoms with E-state index in [1.54, 1.807) is 30.3 Å². The topological polar surface area (TPSA) is 84.9 Å². The third-order valence-corrected chi connectivity index (χ3v) is 4.57. The van der Waals surface area contributed by atoms with Crippen LogP contribution in [-0.2, 0) is 16.6 Å². The molecule has 0 atom stereocenters. The molecule has 0 amide bonds. The van der Waals surface area contributed by atoms with Crippen LogP contribution in [0.5, 0.6) is 11.5 Å². The number of ether oxygens (including phenoxy) is 2. The zero-order chi connectivity index (χ0) is 17.6. The monoisotopic (exact) mass is 351 g/mol. The first kappa shape index (κ1) is 18.1. The Kier molecular flexibility index (Phi) is 6.05. The molecule has 0 heterocycles. The van der Waals surface area contributed by atoms with Gasteiger partial charge in [-0.2, -0.15) is 0 Å². The van der Waals surface area contributed by atoms with Gasteiger partial charge in [0.1, 0.15) is 0 Å². The maximum Gasteiger partial charge on any atom is 0.262 e. The van der Waals surface area contributed by atoms with E-state index in [9.17, 15) is 8.42 Å². The molecule has 0 aliphatic carbocycles. The molecule has 0 saturated carbocycles. The van der Waals surface area contributed by atoms with Crippen LogP contribution in [0.15, 0.2) is 47.4 Å². The number of sulfonamides is 1. The standard InChI is InChI=1S/C17H21NO5S/c1-3-22-16-9-8-15(11-17(16)23-4-2)24(20,21)18-14-7-5-6-13(10-14)12-19/h5-11,18-19H,3-4,12H2,1-2H3. The van der Waals surface area contributed by atoms with Crippen LogP contribution in [0.25, 0.3) is 0 Å². The van der Waals surface area contributed by atoms with Crippen LogP contribution in [0.4, 0.5) is 5.69 Å². The van der Waals surface area contributed by atoms with Crippen LogP contribution in [-0.4, -0.2) is 26.7 Å². The van der Waals surface area contributed by atoms with Crippen molar-refractivity contribution in [3.05, 3.63) is 48.0 Å². The summed E-state index contributed by atoms with van der Waals surface area (Å²) in [5, 5.41) is 9.15. The second kappa shape index (κ2) is 8.03. The summed E-state index contributed by atoms with van der Waals surface area (Å²) in [4.78, 5) is 0.0730. The summed E-state index contributed by atoms with van der Waals surface area (Å²) in [5.41, 5.74) is 1.00. The number of hydrogen-bond acceptors (Lipinski definition) is 5. The van der Waals surface area contributed by atoms with E-state index in [0.717, 1.165) is 0 Å². The highest BCUT2D eigenvalue weighted by Gasteiger charge is 2.17. The Hall–Kier alpha value is -2.25. The fraction of sp³-hybridized carbons (Fsp3) is 0.294. The highest BCUT2D eigenvalue weighted by atomic mass is 32.2. The number of anilines is 1. The summed E-state index contributed by atoms with van der Waals surface area (Å²) < 4.78 is 38.5. The average Bonchev–Trinajstić information content (AvgIpc) is 2.56. The van der Waals surface area contributed by atoms with Gasteiger partial charge < -0.3 is 14.6 Å². The number of hydrogen-bond donors (Lipinski definition) is 2. The third kappa shape index (κ3) is 4.39. The first-order chi connectivity index (χ1) is 11.5. The minimum Gasteiger partial charge on any atom is -0.490 e. The summed E-state index contributed by atoms with van der Waals surface area (Å²) in [6.07, 6.45) is 0. The fourth-order valence-corrected chi connectivity index (χ4v) is 3.21. The van der Waals surface area contributed by atoms with Gasteiger partial charge in [-0.1, -0.05) is 12.1 Å². The molecule has 2 rings (SSSR count). The number of benzene rings is 2. The van der Waals surface area contributed by atoms with Crippen LogP contribution < -0.4 is 14.2 Å². The van der Waals surface area contributed by atoms with Crippen molar-refractivity contribution < 1.29 is 23.0 Å². The minimum absolute atomic E-state index is 0.0730. The van der Waals surface area contributed by atoms with E-state index < -0.39 is 10.0 Å². The Morgan fingerprint density at radius 1 is 1.00 bits per heavy atom. The van der Waals surface area contributed by atoms with Crippen molar-refractivity contribution in [3.8, 4) is 11.5 Å². The number of rotatable bonds is 8. The Balaban J connectivity index is 2.32. The smallest absolute Gasteiger partial charge is 0.262 e. The van der Waals surface area contributed by atoms with Crippen molar-refractivity contribution >= 4 is 15.7 Å². The van der Waals surface area contributed by atoms with Gasteiger partial charge in [-0.05, 0) is 43.7 Å². The van der Waals surface area contributed by atoms with E-state index in [2.05, 4.69) is 4.72 Å². The Morgan fingerprint density at radius 2 is 1.71 bits per heavy atom. The summed E-state index contributed by atoms with van der Waals surface area (Å²) in [6.45, 7) is 4.35. The maximum absolute atomic E-state index is 12.6. The lowest BCUT2D eigenvalue weighted by molar-refractivity contribution is 0.282. The molecule has 0 unspecified atom stereocenters. The molecule has 0 bridgehead atoms. The van der Waals surface area contributed by atoms with E-state index in [4.69, 9.17) is 14.6 Å². The lowest BCUT2D eigenvalue weighted by Crippen LogP contribution is -2.13. The highest BCUT2D eigenvalue weighted by molar-refractivity contribution is 7.92. The largest absolute Gasteiger partial charge is 0.490 e. The summed E-state index contributed by atoms with van der Waals surface area (Å²) in [6, 6.07) is 11.1. The van der Waals surface area contributed by atoms with Gasteiger partial charge >= 0.3 is 0 Å². The molecule has 0 spiro atoms. The van der Waals surface area contributed by atoms with Crippen LogP contribution in [0.2, 0.25) is 0 Å². The summed E-state index contributed by atoms with van der Waals surface area (Å²) in [5.74, 6) is 0.881. The molecule has 0 fully saturated rings. The molecule has 0 saturated heterocycles. The Labute approximate surface area is 142 Å². The van der Waals surface area contributed by atoms with Crippen molar-refractivity contribution in [2.45, 2.75) is 25.3 Å². The zero-order valence-electron chi connectivity index (χ0n) is 13.7. The molecule has 0 aliphatic heterocycles. The van der Waals surface area contributed by atoms with E-state index in [0.29, 0.717) is 36.0 Å². The quantitative estimate of drug-likeness (QED) is 0.764. The van der Waals surface area contributed by atoms with Gasteiger partial charge in [-0.15, -0.1) is 0 Å². The maximum atomic E-state index is 12.6. The molecular formula is C17H21NO5S. The molecular weight excluding hydrogens is 330 g/mol. The normalized spacial score (nSPS) is 11.1. The first-order valence-corrected chi connectivity index (χ1v) is 9.10. The van der Waals surface area contributed by atoms with Gasteiger partial charge in [0.25, 0.3) is 10.0 Å². The summed E-state index contributed by atoms with van der Waals surface area (Å²) in [7, 11) is -3.78. The average molecular weight is 351 g/mol. The predicted octanol–water partition coefficient (Wildman–Crippen LogP) is 2.78. The second-order valence-corrected chi connectivity index (χ2v) is 6.62. The van der Waals surface area contributed by atoms with Crippen LogP contribution >= 0.6 is 0 Å². The number of aliphatic hydroxyl groups excluding tert-OH is 1. The number of aliphatic hydroxyl groups is 1. The van der Waals surface area contributed by atoms with Gasteiger partial charge in [0, 0.05) is 11.8 Å². The minimum atomic E-state index is -3.78. The second-order valence-electron chi connectivity index (χ2n) is 4.94. The first-order valence-electron chi connectivity index (χ1n) is 7.62. The van der Waals surface area contributed by atoms with Crippen LogP contribution in [0.3, 0.4) is 0 Å².